The maximum absolute atomic E-state index is 4.50. The second-order valence-electron chi connectivity index (χ2n) is 7.28. The SMILES string of the molecule is CN=C(NCCCn1nc(C)cc1C)NC1CN(C(C)C)CC1C.I. The van der Waals surface area contributed by atoms with E-state index in [1.54, 1.807) is 0 Å². The van der Waals surface area contributed by atoms with Gasteiger partial charge in [-0.1, -0.05) is 6.92 Å². The number of aryl methyl sites for hydroxylation is 3. The van der Waals surface area contributed by atoms with Crippen LogP contribution in [0.3, 0.4) is 0 Å². The molecule has 144 valence electrons. The Hall–Kier alpha value is -0.830. The first kappa shape index (κ1) is 22.2. The Bertz CT molecular complexity index is 554. The van der Waals surface area contributed by atoms with Gasteiger partial charge in [-0.05, 0) is 46.1 Å². The summed E-state index contributed by atoms with van der Waals surface area (Å²) < 4.78 is 2.08. The lowest BCUT2D eigenvalue weighted by molar-refractivity contribution is 0.265. The average Bonchev–Trinajstić information content (AvgIpc) is 3.04. The standard InChI is InChI=1S/C18H34N6.HI/c1-13(2)23-11-14(3)17(12-23)21-18(19-6)20-8-7-9-24-16(5)10-15(4)22-24;/h10,13-14,17H,7-9,11-12H2,1-6H3,(H2,19,20,21);1H. The maximum atomic E-state index is 4.50. The van der Waals surface area contributed by atoms with Gasteiger partial charge in [-0.15, -0.1) is 24.0 Å². The molecule has 0 aliphatic carbocycles. The monoisotopic (exact) mass is 462 g/mol. The summed E-state index contributed by atoms with van der Waals surface area (Å²) in [5, 5.41) is 11.5. The van der Waals surface area contributed by atoms with Crippen LogP contribution in [-0.4, -0.2) is 59.4 Å². The van der Waals surface area contributed by atoms with Crippen LogP contribution in [0.5, 0.6) is 0 Å². The fourth-order valence-electron chi connectivity index (χ4n) is 3.32. The molecule has 7 heteroatoms. The number of aromatic nitrogens is 2. The van der Waals surface area contributed by atoms with Gasteiger partial charge in [0.15, 0.2) is 5.96 Å². The molecule has 0 aromatic carbocycles. The van der Waals surface area contributed by atoms with E-state index in [1.165, 1.54) is 5.69 Å². The maximum Gasteiger partial charge on any atom is 0.191 e. The van der Waals surface area contributed by atoms with Crippen LogP contribution in [0.2, 0.25) is 0 Å². The molecule has 1 aliphatic rings. The van der Waals surface area contributed by atoms with Crippen molar-refractivity contribution in [1.82, 2.24) is 25.3 Å². The first-order valence-electron chi connectivity index (χ1n) is 9.13. The van der Waals surface area contributed by atoms with Crippen LogP contribution in [0.1, 0.15) is 38.6 Å². The summed E-state index contributed by atoms with van der Waals surface area (Å²) in [6.45, 7) is 15.1. The molecule has 0 bridgehead atoms. The van der Waals surface area contributed by atoms with Crippen molar-refractivity contribution >= 4 is 29.9 Å². The van der Waals surface area contributed by atoms with E-state index in [4.69, 9.17) is 0 Å². The van der Waals surface area contributed by atoms with Gasteiger partial charge in [0.2, 0.25) is 0 Å². The highest BCUT2D eigenvalue weighted by Gasteiger charge is 2.31. The van der Waals surface area contributed by atoms with E-state index in [1.807, 2.05) is 14.0 Å². The Morgan fingerprint density at radius 2 is 2.08 bits per heavy atom. The van der Waals surface area contributed by atoms with Gasteiger partial charge in [0.05, 0.1) is 5.69 Å². The molecule has 1 aliphatic heterocycles. The largest absolute Gasteiger partial charge is 0.356 e. The summed E-state index contributed by atoms with van der Waals surface area (Å²) in [4.78, 5) is 6.90. The van der Waals surface area contributed by atoms with E-state index in [-0.39, 0.29) is 24.0 Å². The van der Waals surface area contributed by atoms with Crippen LogP contribution < -0.4 is 10.6 Å². The van der Waals surface area contributed by atoms with Gasteiger partial charge in [0.25, 0.3) is 0 Å². The van der Waals surface area contributed by atoms with Gasteiger partial charge in [-0.2, -0.15) is 5.10 Å². The quantitative estimate of drug-likeness (QED) is 0.295. The molecule has 25 heavy (non-hydrogen) atoms. The Morgan fingerprint density at radius 3 is 2.60 bits per heavy atom. The van der Waals surface area contributed by atoms with Crippen molar-refractivity contribution in [3.05, 3.63) is 17.5 Å². The minimum atomic E-state index is 0. The smallest absolute Gasteiger partial charge is 0.191 e. The molecule has 2 unspecified atom stereocenters. The minimum absolute atomic E-state index is 0. The zero-order valence-corrected chi connectivity index (χ0v) is 18.9. The molecule has 2 heterocycles. The van der Waals surface area contributed by atoms with Crippen molar-refractivity contribution in [1.29, 1.82) is 0 Å². The van der Waals surface area contributed by atoms with Crippen molar-refractivity contribution in [2.45, 2.75) is 59.7 Å². The van der Waals surface area contributed by atoms with Crippen LogP contribution in [0.25, 0.3) is 0 Å². The number of nitrogens with zero attached hydrogens (tertiary/aromatic N) is 4. The number of hydrogen-bond acceptors (Lipinski definition) is 3. The highest BCUT2D eigenvalue weighted by Crippen LogP contribution is 2.18. The Morgan fingerprint density at radius 1 is 1.36 bits per heavy atom. The zero-order valence-electron chi connectivity index (χ0n) is 16.5. The molecule has 0 radical (unpaired) electrons. The minimum Gasteiger partial charge on any atom is -0.356 e. The van der Waals surface area contributed by atoms with E-state index in [0.29, 0.717) is 18.0 Å². The molecule has 1 aromatic heterocycles. The summed E-state index contributed by atoms with van der Waals surface area (Å²) in [6.07, 6.45) is 1.03. The lowest BCUT2D eigenvalue weighted by Gasteiger charge is -2.22. The molecule has 0 spiro atoms. The van der Waals surface area contributed by atoms with E-state index in [0.717, 1.165) is 44.3 Å². The predicted octanol–water partition coefficient (Wildman–Crippen LogP) is 2.40. The van der Waals surface area contributed by atoms with Crippen molar-refractivity contribution in [3.8, 4) is 0 Å². The number of nitrogens with one attached hydrogen (secondary N) is 2. The summed E-state index contributed by atoms with van der Waals surface area (Å²) in [6, 6.07) is 3.19. The lowest BCUT2D eigenvalue weighted by Crippen LogP contribution is -2.47. The highest BCUT2D eigenvalue weighted by molar-refractivity contribution is 14.0. The Labute approximate surface area is 169 Å². The number of rotatable bonds is 6. The van der Waals surface area contributed by atoms with Crippen LogP contribution in [0.15, 0.2) is 11.1 Å². The highest BCUT2D eigenvalue weighted by atomic mass is 127. The molecule has 6 nitrogen and oxygen atoms in total. The summed E-state index contributed by atoms with van der Waals surface area (Å²) >= 11 is 0. The average molecular weight is 462 g/mol. The number of aliphatic imine (C=N–C) groups is 1. The van der Waals surface area contributed by atoms with Crippen molar-refractivity contribution in [2.75, 3.05) is 26.7 Å². The molecule has 2 N–H and O–H groups in total. The second-order valence-corrected chi connectivity index (χ2v) is 7.28. The first-order valence-corrected chi connectivity index (χ1v) is 9.13. The van der Waals surface area contributed by atoms with Gasteiger partial charge in [0, 0.05) is 51.0 Å². The molecule has 2 atom stereocenters. The van der Waals surface area contributed by atoms with E-state index in [2.05, 4.69) is 64.1 Å². The molecule has 0 amide bonds. The molecule has 0 saturated carbocycles. The molecule has 1 fully saturated rings. The van der Waals surface area contributed by atoms with Crippen molar-refractivity contribution in [3.63, 3.8) is 0 Å². The van der Waals surface area contributed by atoms with Gasteiger partial charge in [-0.25, -0.2) is 0 Å². The molecular formula is C18H35IN6. The number of halogens is 1. The number of hydrogen-bond donors (Lipinski definition) is 2. The predicted molar refractivity (Wildman–Crippen MR) is 116 cm³/mol. The third-order valence-corrected chi connectivity index (χ3v) is 4.86. The third kappa shape index (κ3) is 6.44. The number of guanidine groups is 1. The number of likely N-dealkylation sites (tertiary alicyclic amines) is 1. The molecule has 1 aromatic rings. The normalized spacial score (nSPS) is 21.5. The molecule has 2 rings (SSSR count). The second kappa shape index (κ2) is 10.4. The van der Waals surface area contributed by atoms with E-state index < -0.39 is 0 Å². The van der Waals surface area contributed by atoms with E-state index >= 15 is 0 Å². The Kier molecular flexibility index (Phi) is 9.20. The Balaban J connectivity index is 0.00000312. The van der Waals surface area contributed by atoms with Crippen LogP contribution >= 0.6 is 24.0 Å². The van der Waals surface area contributed by atoms with Crippen LogP contribution in [0, 0.1) is 19.8 Å². The zero-order chi connectivity index (χ0) is 17.7. The molecule has 1 saturated heterocycles. The lowest BCUT2D eigenvalue weighted by atomic mass is 10.1. The molecular weight excluding hydrogens is 427 g/mol. The fraction of sp³-hybridized carbons (Fsp3) is 0.778. The van der Waals surface area contributed by atoms with E-state index in [9.17, 15) is 0 Å². The third-order valence-electron chi connectivity index (χ3n) is 4.86. The fourth-order valence-corrected chi connectivity index (χ4v) is 3.32. The topological polar surface area (TPSA) is 57.5 Å². The van der Waals surface area contributed by atoms with Crippen LogP contribution in [-0.2, 0) is 6.54 Å². The first-order chi connectivity index (χ1) is 11.4. The summed E-state index contributed by atoms with van der Waals surface area (Å²) in [5.41, 5.74) is 2.31. The van der Waals surface area contributed by atoms with Gasteiger partial charge in [-0.3, -0.25) is 14.6 Å². The van der Waals surface area contributed by atoms with Crippen LogP contribution in [0.4, 0.5) is 0 Å². The van der Waals surface area contributed by atoms with Gasteiger partial charge in [0.1, 0.15) is 0 Å². The van der Waals surface area contributed by atoms with Crippen molar-refractivity contribution < 1.29 is 0 Å². The van der Waals surface area contributed by atoms with Gasteiger partial charge >= 0.3 is 0 Å². The van der Waals surface area contributed by atoms with Crippen molar-refractivity contribution in [2.24, 2.45) is 10.9 Å². The van der Waals surface area contributed by atoms with Gasteiger partial charge < -0.3 is 10.6 Å². The summed E-state index contributed by atoms with van der Waals surface area (Å²) in [7, 11) is 1.84. The summed E-state index contributed by atoms with van der Waals surface area (Å²) in [5.74, 6) is 1.55.